The first-order valence-corrected chi connectivity index (χ1v) is 18.9. The van der Waals surface area contributed by atoms with E-state index >= 15 is 0 Å². The zero-order chi connectivity index (χ0) is 36.2. The van der Waals surface area contributed by atoms with Gasteiger partial charge in [0, 0.05) is 16.8 Å². The Morgan fingerprint density at radius 1 is 0.370 bits per heavy atom. The molecule has 0 aromatic heterocycles. The molecule has 0 fully saturated rings. The maximum absolute atomic E-state index is 2.52. The lowest BCUT2D eigenvalue weighted by Crippen LogP contribution is -2.28. The molecule has 0 saturated carbocycles. The molecular weight excluding hydrogens is 651 g/mol. The molecule has 0 atom stereocenters. The van der Waals surface area contributed by atoms with E-state index in [1.165, 1.54) is 77.2 Å². The lowest BCUT2D eigenvalue weighted by atomic mass is 9.67. The van der Waals surface area contributed by atoms with Crippen molar-refractivity contribution in [3.05, 3.63) is 234 Å². The zero-order valence-electron chi connectivity index (χ0n) is 30.5. The second-order valence-electron chi connectivity index (χ2n) is 14.5. The van der Waals surface area contributed by atoms with Crippen LogP contribution < -0.4 is 4.90 Å². The number of aryl methyl sites for hydroxylation is 1. The topological polar surface area (TPSA) is 3.24 Å². The number of anilines is 3. The van der Waals surface area contributed by atoms with Gasteiger partial charge in [-0.1, -0.05) is 176 Å². The van der Waals surface area contributed by atoms with Crippen molar-refractivity contribution in [1.29, 1.82) is 0 Å². The third-order valence-corrected chi connectivity index (χ3v) is 11.7. The molecule has 1 heteroatoms. The summed E-state index contributed by atoms with van der Waals surface area (Å²) in [6, 6.07) is 73.9. The maximum Gasteiger partial charge on any atom is 0.0714 e. The first-order chi connectivity index (χ1) is 26.6. The van der Waals surface area contributed by atoms with Gasteiger partial charge >= 0.3 is 0 Å². The molecule has 256 valence electrons. The zero-order valence-corrected chi connectivity index (χ0v) is 30.5. The van der Waals surface area contributed by atoms with Gasteiger partial charge in [0.1, 0.15) is 0 Å². The Labute approximate surface area is 317 Å². The summed E-state index contributed by atoms with van der Waals surface area (Å²) in [6.45, 7) is 4.50. The van der Waals surface area contributed by atoms with Gasteiger partial charge in [0.05, 0.1) is 11.1 Å². The van der Waals surface area contributed by atoms with Gasteiger partial charge < -0.3 is 4.90 Å². The molecule has 1 aliphatic carbocycles. The van der Waals surface area contributed by atoms with Gasteiger partial charge in [-0.25, -0.2) is 0 Å². The Balaban J connectivity index is 1.31. The Bertz CT molecular complexity index is 2810. The van der Waals surface area contributed by atoms with E-state index in [9.17, 15) is 0 Å². The van der Waals surface area contributed by atoms with Gasteiger partial charge in [-0.3, -0.25) is 0 Å². The molecule has 1 nitrogen and oxygen atoms in total. The van der Waals surface area contributed by atoms with E-state index in [4.69, 9.17) is 0 Å². The molecule has 0 amide bonds. The highest BCUT2D eigenvalue weighted by molar-refractivity contribution is 6.14. The molecule has 9 aromatic carbocycles. The lowest BCUT2D eigenvalue weighted by molar-refractivity contribution is 0.768. The van der Waals surface area contributed by atoms with Crippen LogP contribution in [0, 0.1) is 13.8 Å². The summed E-state index contributed by atoms with van der Waals surface area (Å²) in [4.78, 5) is 2.52. The number of hydrogen-bond acceptors (Lipinski definition) is 1. The van der Waals surface area contributed by atoms with E-state index in [0.717, 1.165) is 17.1 Å². The Morgan fingerprint density at radius 3 is 1.69 bits per heavy atom. The van der Waals surface area contributed by atoms with E-state index in [0.29, 0.717) is 0 Å². The summed E-state index contributed by atoms with van der Waals surface area (Å²) in [7, 11) is 0. The molecule has 0 bridgehead atoms. The highest BCUT2D eigenvalue weighted by Crippen LogP contribution is 2.57. The highest BCUT2D eigenvalue weighted by atomic mass is 15.1. The summed E-state index contributed by atoms with van der Waals surface area (Å²) in [5.74, 6) is 0. The number of benzene rings is 9. The maximum atomic E-state index is 2.52. The summed E-state index contributed by atoms with van der Waals surface area (Å²) in [5, 5.41) is 4.96. The van der Waals surface area contributed by atoms with Crippen LogP contribution in [-0.4, -0.2) is 0 Å². The molecule has 0 heterocycles. The molecule has 0 saturated heterocycles. The molecule has 0 radical (unpaired) electrons. The van der Waals surface area contributed by atoms with Crippen LogP contribution in [-0.2, 0) is 5.41 Å². The fourth-order valence-electron chi connectivity index (χ4n) is 9.23. The molecule has 54 heavy (non-hydrogen) atoms. The van der Waals surface area contributed by atoms with Crippen molar-refractivity contribution in [2.24, 2.45) is 0 Å². The fraction of sp³-hybridized carbons (Fsp3) is 0.0566. The van der Waals surface area contributed by atoms with Crippen LogP contribution in [0.15, 0.2) is 200 Å². The third-order valence-electron chi connectivity index (χ3n) is 11.7. The van der Waals surface area contributed by atoms with Crippen molar-refractivity contribution >= 4 is 38.6 Å². The Morgan fingerprint density at radius 2 is 0.944 bits per heavy atom. The van der Waals surface area contributed by atoms with Crippen LogP contribution in [0.2, 0.25) is 0 Å². The average Bonchev–Trinajstić information content (AvgIpc) is 3.53. The Kier molecular flexibility index (Phi) is 7.56. The molecule has 10 rings (SSSR count). The van der Waals surface area contributed by atoms with Gasteiger partial charge in [-0.15, -0.1) is 0 Å². The second-order valence-corrected chi connectivity index (χ2v) is 14.5. The molecule has 0 unspecified atom stereocenters. The fourth-order valence-corrected chi connectivity index (χ4v) is 9.23. The van der Waals surface area contributed by atoms with Gasteiger partial charge in [0.25, 0.3) is 0 Å². The number of fused-ring (bicyclic) bond motifs is 6. The molecule has 0 N–H and O–H groups in total. The summed E-state index contributed by atoms with van der Waals surface area (Å²) < 4.78 is 0. The standard InChI is InChI=1S/C53H39N/c1-36-18-9-11-24-42(36)43-29-17-31-51(37(43)2)54(52-34-38-19-10-12-25-44(38)45-26-13-14-28-48(45)52)41-32-33-47-46-27-15-16-30-49(46)53(50(47)35-41,39-20-5-3-6-21-39)40-22-7-4-8-23-40/h3-35H,1-2H3. The molecule has 9 aromatic rings. The van der Waals surface area contributed by atoms with E-state index < -0.39 is 5.41 Å². The van der Waals surface area contributed by atoms with E-state index in [-0.39, 0.29) is 0 Å². The van der Waals surface area contributed by atoms with Crippen LogP contribution >= 0.6 is 0 Å². The number of hydrogen-bond donors (Lipinski definition) is 0. The SMILES string of the molecule is Cc1ccccc1-c1cccc(N(c2ccc3c(c2)C(c2ccccc2)(c2ccccc2)c2ccccc2-3)c2cc3ccccc3c3ccccc23)c1C. The minimum atomic E-state index is -0.500. The largest absolute Gasteiger partial charge is 0.310 e. The van der Waals surface area contributed by atoms with Crippen LogP contribution in [0.5, 0.6) is 0 Å². The van der Waals surface area contributed by atoms with Crippen molar-refractivity contribution in [1.82, 2.24) is 0 Å². The van der Waals surface area contributed by atoms with E-state index in [1.54, 1.807) is 0 Å². The molecular formula is C53H39N. The van der Waals surface area contributed by atoms with E-state index in [2.05, 4.69) is 219 Å². The van der Waals surface area contributed by atoms with Crippen molar-refractivity contribution < 1.29 is 0 Å². The van der Waals surface area contributed by atoms with Crippen LogP contribution in [0.3, 0.4) is 0 Å². The van der Waals surface area contributed by atoms with Crippen LogP contribution in [0.4, 0.5) is 17.1 Å². The van der Waals surface area contributed by atoms with Crippen molar-refractivity contribution in [2.45, 2.75) is 19.3 Å². The van der Waals surface area contributed by atoms with Crippen molar-refractivity contribution in [3.63, 3.8) is 0 Å². The average molecular weight is 690 g/mol. The minimum Gasteiger partial charge on any atom is -0.310 e. The minimum absolute atomic E-state index is 0.500. The predicted octanol–water partition coefficient (Wildman–Crippen LogP) is 14.1. The summed E-state index contributed by atoms with van der Waals surface area (Å²) >= 11 is 0. The quantitative estimate of drug-likeness (QED) is 0.157. The van der Waals surface area contributed by atoms with Crippen molar-refractivity contribution in [2.75, 3.05) is 4.90 Å². The first-order valence-electron chi connectivity index (χ1n) is 18.9. The normalized spacial score (nSPS) is 12.8. The Hall–Kier alpha value is -6.70. The number of nitrogens with zero attached hydrogens (tertiary/aromatic N) is 1. The van der Waals surface area contributed by atoms with Crippen molar-refractivity contribution in [3.8, 4) is 22.3 Å². The summed E-state index contributed by atoms with van der Waals surface area (Å²) in [5.41, 5.74) is 15.7. The van der Waals surface area contributed by atoms with Gasteiger partial charge in [-0.05, 0) is 110 Å². The smallest absolute Gasteiger partial charge is 0.0714 e. The predicted molar refractivity (Wildman–Crippen MR) is 228 cm³/mol. The van der Waals surface area contributed by atoms with Gasteiger partial charge in [0.15, 0.2) is 0 Å². The van der Waals surface area contributed by atoms with Crippen LogP contribution in [0.1, 0.15) is 33.4 Å². The molecule has 0 aliphatic heterocycles. The van der Waals surface area contributed by atoms with Gasteiger partial charge in [-0.2, -0.15) is 0 Å². The monoisotopic (exact) mass is 689 g/mol. The highest BCUT2D eigenvalue weighted by Gasteiger charge is 2.46. The third kappa shape index (κ3) is 4.79. The lowest BCUT2D eigenvalue weighted by Gasteiger charge is -2.35. The van der Waals surface area contributed by atoms with E-state index in [1.807, 2.05) is 0 Å². The van der Waals surface area contributed by atoms with Crippen LogP contribution in [0.25, 0.3) is 43.8 Å². The van der Waals surface area contributed by atoms with Gasteiger partial charge in [0.2, 0.25) is 0 Å². The molecule has 1 aliphatic rings. The second kappa shape index (κ2) is 12.8. The first kappa shape index (κ1) is 32.0. The number of rotatable bonds is 6. The molecule has 0 spiro atoms. The summed E-state index contributed by atoms with van der Waals surface area (Å²) in [6.07, 6.45) is 0.